The second-order valence-corrected chi connectivity index (χ2v) is 5.49. The van der Waals surface area contributed by atoms with Crippen LogP contribution < -0.4 is 0 Å². The summed E-state index contributed by atoms with van der Waals surface area (Å²) < 4.78 is 0. The fourth-order valence-electron chi connectivity index (χ4n) is 2.96. The first-order valence-corrected chi connectivity index (χ1v) is 7.03. The molecule has 0 fully saturated rings. The number of fused-ring (bicyclic) bond motifs is 1. The largest absolute Gasteiger partial charge is 0.0683 e. The van der Waals surface area contributed by atoms with E-state index in [0.717, 1.165) is 0 Å². The van der Waals surface area contributed by atoms with E-state index in [1.54, 1.807) is 11.1 Å². The summed E-state index contributed by atoms with van der Waals surface area (Å²) >= 11 is 0. The van der Waals surface area contributed by atoms with Gasteiger partial charge in [0.25, 0.3) is 0 Å². The van der Waals surface area contributed by atoms with E-state index >= 15 is 0 Å². The molecule has 0 spiro atoms. The maximum absolute atomic E-state index is 2.35. The van der Waals surface area contributed by atoms with Crippen LogP contribution in [-0.4, -0.2) is 0 Å². The summed E-state index contributed by atoms with van der Waals surface area (Å²) in [6.45, 7) is 17.4. The van der Waals surface area contributed by atoms with Crippen LogP contribution in [0.25, 0.3) is 0 Å². The van der Waals surface area contributed by atoms with Gasteiger partial charge in [0.15, 0.2) is 0 Å². The van der Waals surface area contributed by atoms with Gasteiger partial charge in [-0.25, -0.2) is 0 Å². The standard InChI is InChI=1S/C13H18.2C2H6/c1-12(2)9-13(3,4)11-8-6-5-7-10(11)12;2*1-2/h5-8H,9H2,1-4H3;2*1-2H3. The first-order chi connectivity index (χ1) is 7.93. The van der Waals surface area contributed by atoms with Gasteiger partial charge in [-0.3, -0.25) is 0 Å². The zero-order chi connectivity index (χ0) is 13.7. The Morgan fingerprint density at radius 3 is 1.29 bits per heavy atom. The van der Waals surface area contributed by atoms with Crippen molar-refractivity contribution in [3.05, 3.63) is 35.4 Å². The third kappa shape index (κ3) is 3.34. The quantitative estimate of drug-likeness (QED) is 0.540. The fourth-order valence-corrected chi connectivity index (χ4v) is 2.96. The Balaban J connectivity index is 0.000000581. The summed E-state index contributed by atoms with van der Waals surface area (Å²) in [6, 6.07) is 8.87. The normalized spacial score (nSPS) is 18.1. The van der Waals surface area contributed by atoms with E-state index < -0.39 is 0 Å². The molecular formula is C17H30. The minimum atomic E-state index is 0.361. The van der Waals surface area contributed by atoms with E-state index in [9.17, 15) is 0 Å². The van der Waals surface area contributed by atoms with Crippen molar-refractivity contribution in [2.45, 2.75) is 72.6 Å². The van der Waals surface area contributed by atoms with Crippen LogP contribution >= 0.6 is 0 Å². The lowest BCUT2D eigenvalue weighted by Crippen LogP contribution is -2.17. The molecule has 1 aliphatic carbocycles. The van der Waals surface area contributed by atoms with E-state index in [1.807, 2.05) is 27.7 Å². The summed E-state index contributed by atoms with van der Waals surface area (Å²) in [5.41, 5.74) is 3.81. The SMILES string of the molecule is CC.CC.CC1(C)CC(C)(C)c2ccccc21. The summed E-state index contributed by atoms with van der Waals surface area (Å²) in [5, 5.41) is 0. The smallest absolute Gasteiger partial charge is 0.00924 e. The molecule has 0 saturated carbocycles. The van der Waals surface area contributed by atoms with Gasteiger partial charge in [-0.1, -0.05) is 79.7 Å². The van der Waals surface area contributed by atoms with Crippen molar-refractivity contribution in [3.8, 4) is 0 Å². The minimum Gasteiger partial charge on any atom is -0.0683 e. The highest BCUT2D eigenvalue weighted by Crippen LogP contribution is 2.48. The van der Waals surface area contributed by atoms with E-state index in [2.05, 4.69) is 52.0 Å². The lowest BCUT2D eigenvalue weighted by Gasteiger charge is -2.22. The Labute approximate surface area is 108 Å². The Kier molecular flexibility index (Phi) is 5.95. The van der Waals surface area contributed by atoms with Gasteiger partial charge >= 0.3 is 0 Å². The molecule has 0 aliphatic heterocycles. The Bertz CT molecular complexity index is 299. The van der Waals surface area contributed by atoms with Gasteiger partial charge in [0.05, 0.1) is 0 Å². The topological polar surface area (TPSA) is 0 Å². The van der Waals surface area contributed by atoms with Crippen LogP contribution in [0, 0.1) is 0 Å². The second kappa shape index (κ2) is 6.23. The van der Waals surface area contributed by atoms with Gasteiger partial charge in [0.2, 0.25) is 0 Å². The first kappa shape index (κ1) is 16.2. The molecule has 0 aromatic heterocycles. The van der Waals surface area contributed by atoms with Crippen LogP contribution in [-0.2, 0) is 10.8 Å². The first-order valence-electron chi connectivity index (χ1n) is 7.03. The van der Waals surface area contributed by atoms with Crippen LogP contribution in [0.4, 0.5) is 0 Å². The number of hydrogen-bond acceptors (Lipinski definition) is 0. The molecule has 0 atom stereocenters. The summed E-state index contributed by atoms with van der Waals surface area (Å²) in [5.74, 6) is 0. The Hall–Kier alpha value is -0.780. The highest BCUT2D eigenvalue weighted by Gasteiger charge is 2.41. The van der Waals surface area contributed by atoms with Crippen molar-refractivity contribution in [1.82, 2.24) is 0 Å². The van der Waals surface area contributed by atoms with Crippen molar-refractivity contribution in [1.29, 1.82) is 0 Å². The third-order valence-corrected chi connectivity index (χ3v) is 3.27. The monoisotopic (exact) mass is 234 g/mol. The minimum absolute atomic E-state index is 0.361. The fraction of sp³-hybridized carbons (Fsp3) is 0.647. The summed E-state index contributed by atoms with van der Waals surface area (Å²) in [6.07, 6.45) is 1.26. The lowest BCUT2D eigenvalue weighted by atomic mass is 9.82. The molecule has 98 valence electrons. The van der Waals surface area contributed by atoms with E-state index in [0.29, 0.717) is 10.8 Å². The maximum Gasteiger partial charge on any atom is -0.00924 e. The highest BCUT2D eigenvalue weighted by molar-refractivity contribution is 5.44. The third-order valence-electron chi connectivity index (χ3n) is 3.27. The van der Waals surface area contributed by atoms with Crippen LogP contribution in [0.3, 0.4) is 0 Å². The molecule has 0 nitrogen and oxygen atoms in total. The van der Waals surface area contributed by atoms with E-state index in [4.69, 9.17) is 0 Å². The van der Waals surface area contributed by atoms with Crippen LogP contribution in [0.15, 0.2) is 24.3 Å². The predicted molar refractivity (Wildman–Crippen MR) is 79.8 cm³/mol. The number of benzene rings is 1. The summed E-state index contributed by atoms with van der Waals surface area (Å²) in [4.78, 5) is 0. The number of rotatable bonds is 0. The van der Waals surface area contributed by atoms with Gasteiger partial charge in [-0.15, -0.1) is 0 Å². The molecule has 0 radical (unpaired) electrons. The summed E-state index contributed by atoms with van der Waals surface area (Å²) in [7, 11) is 0. The van der Waals surface area contributed by atoms with Gasteiger partial charge in [0, 0.05) is 0 Å². The van der Waals surface area contributed by atoms with E-state index in [-0.39, 0.29) is 0 Å². The molecule has 17 heavy (non-hydrogen) atoms. The van der Waals surface area contributed by atoms with Crippen LogP contribution in [0.5, 0.6) is 0 Å². The molecule has 0 heterocycles. The Morgan fingerprint density at radius 1 is 0.706 bits per heavy atom. The van der Waals surface area contributed by atoms with Crippen LogP contribution in [0.2, 0.25) is 0 Å². The maximum atomic E-state index is 2.35. The molecule has 2 rings (SSSR count). The average Bonchev–Trinajstić information content (AvgIpc) is 2.51. The van der Waals surface area contributed by atoms with Crippen molar-refractivity contribution in [2.24, 2.45) is 0 Å². The van der Waals surface area contributed by atoms with Crippen molar-refractivity contribution >= 4 is 0 Å². The number of hydrogen-bond donors (Lipinski definition) is 0. The van der Waals surface area contributed by atoms with Gasteiger partial charge < -0.3 is 0 Å². The van der Waals surface area contributed by atoms with Crippen LogP contribution in [0.1, 0.15) is 72.9 Å². The predicted octanol–water partition coefficient (Wildman–Crippen LogP) is 5.70. The zero-order valence-electron chi connectivity index (χ0n) is 13.0. The second-order valence-electron chi connectivity index (χ2n) is 5.49. The molecule has 1 aromatic carbocycles. The highest BCUT2D eigenvalue weighted by atomic mass is 14.4. The van der Waals surface area contributed by atoms with Gasteiger partial charge in [-0.2, -0.15) is 0 Å². The van der Waals surface area contributed by atoms with Crippen molar-refractivity contribution in [3.63, 3.8) is 0 Å². The average molecular weight is 234 g/mol. The Morgan fingerprint density at radius 2 is 1.00 bits per heavy atom. The molecule has 0 saturated heterocycles. The molecule has 0 heteroatoms. The zero-order valence-corrected chi connectivity index (χ0v) is 13.0. The molecule has 0 N–H and O–H groups in total. The molecule has 0 bridgehead atoms. The molecule has 0 unspecified atom stereocenters. The van der Waals surface area contributed by atoms with Crippen molar-refractivity contribution in [2.75, 3.05) is 0 Å². The van der Waals surface area contributed by atoms with Gasteiger partial charge in [0.1, 0.15) is 0 Å². The lowest BCUT2D eigenvalue weighted by molar-refractivity contribution is 0.403. The molecule has 1 aromatic rings. The van der Waals surface area contributed by atoms with Crippen molar-refractivity contribution < 1.29 is 0 Å². The molecule has 1 aliphatic rings. The molecular weight excluding hydrogens is 204 g/mol. The van der Waals surface area contributed by atoms with E-state index in [1.165, 1.54) is 6.42 Å². The van der Waals surface area contributed by atoms with Gasteiger partial charge in [-0.05, 0) is 28.4 Å². The molecule has 0 amide bonds.